The molecule has 1 aliphatic heterocycles. The Bertz CT molecular complexity index is 1020. The molecule has 0 aliphatic carbocycles. The average molecular weight is 384 g/mol. The maximum absolute atomic E-state index is 13.1. The summed E-state index contributed by atoms with van der Waals surface area (Å²) in [5.41, 5.74) is 0.818. The highest BCUT2D eigenvalue weighted by atomic mass is 19.1. The molecule has 0 spiro atoms. The molecular formula is C19H14F2N4O3. The number of anilines is 2. The lowest BCUT2D eigenvalue weighted by atomic mass is 10.1. The Kier molecular flexibility index (Phi) is 4.56. The van der Waals surface area contributed by atoms with Crippen LogP contribution in [0.2, 0.25) is 0 Å². The van der Waals surface area contributed by atoms with E-state index in [4.69, 9.17) is 4.42 Å². The predicted octanol–water partition coefficient (Wildman–Crippen LogP) is 3.12. The molecule has 2 aromatic carbocycles. The first kappa shape index (κ1) is 17.8. The molecule has 28 heavy (non-hydrogen) atoms. The highest BCUT2D eigenvalue weighted by molar-refractivity contribution is 6.03. The predicted molar refractivity (Wildman–Crippen MR) is 94.8 cm³/mol. The fourth-order valence-electron chi connectivity index (χ4n) is 2.96. The van der Waals surface area contributed by atoms with E-state index in [9.17, 15) is 18.4 Å². The molecule has 0 radical (unpaired) electrons. The Balaban J connectivity index is 1.44. The third kappa shape index (κ3) is 3.59. The van der Waals surface area contributed by atoms with Gasteiger partial charge in [-0.05, 0) is 48.5 Å². The molecule has 0 saturated carbocycles. The Morgan fingerprint density at radius 2 is 1.68 bits per heavy atom. The molecule has 1 unspecified atom stereocenters. The van der Waals surface area contributed by atoms with Crippen molar-refractivity contribution in [1.82, 2.24) is 10.2 Å². The van der Waals surface area contributed by atoms with Crippen molar-refractivity contribution in [3.63, 3.8) is 0 Å². The number of nitrogens with zero attached hydrogens (tertiary/aromatic N) is 3. The number of benzene rings is 2. The highest BCUT2D eigenvalue weighted by Crippen LogP contribution is 2.31. The number of amides is 2. The molecule has 2 heterocycles. The zero-order valence-electron chi connectivity index (χ0n) is 14.4. The van der Waals surface area contributed by atoms with Gasteiger partial charge in [0.25, 0.3) is 5.91 Å². The monoisotopic (exact) mass is 384 g/mol. The summed E-state index contributed by atoms with van der Waals surface area (Å²) in [7, 11) is 0. The fourth-order valence-corrected chi connectivity index (χ4v) is 2.96. The molecule has 142 valence electrons. The number of hydrogen-bond donors (Lipinski definition) is 1. The molecule has 1 atom stereocenters. The topological polar surface area (TPSA) is 88.3 Å². The summed E-state index contributed by atoms with van der Waals surface area (Å²) in [5.74, 6) is -1.63. The Morgan fingerprint density at radius 3 is 2.36 bits per heavy atom. The van der Waals surface area contributed by atoms with Crippen LogP contribution < -0.4 is 10.2 Å². The summed E-state index contributed by atoms with van der Waals surface area (Å²) in [5, 5.41) is 10.1. The Labute approximate surface area is 158 Å². The van der Waals surface area contributed by atoms with E-state index in [1.54, 1.807) is 0 Å². The first-order valence-corrected chi connectivity index (χ1v) is 8.46. The van der Waals surface area contributed by atoms with Crippen molar-refractivity contribution in [2.24, 2.45) is 0 Å². The zero-order chi connectivity index (χ0) is 19.7. The minimum atomic E-state index is -0.523. The number of nitrogens with one attached hydrogen (secondary N) is 1. The largest absolute Gasteiger partial charge is 0.407 e. The maximum atomic E-state index is 13.1. The van der Waals surface area contributed by atoms with Crippen LogP contribution in [0.3, 0.4) is 0 Å². The fraction of sp³-hybridized carbons (Fsp3) is 0.158. The quantitative estimate of drug-likeness (QED) is 0.747. The molecule has 7 nitrogen and oxygen atoms in total. The van der Waals surface area contributed by atoms with Gasteiger partial charge in [-0.25, -0.2) is 8.78 Å². The molecule has 1 aromatic heterocycles. The van der Waals surface area contributed by atoms with Crippen LogP contribution in [0.25, 0.3) is 0 Å². The van der Waals surface area contributed by atoms with E-state index in [2.05, 4.69) is 15.5 Å². The maximum Gasteiger partial charge on any atom is 0.322 e. The van der Waals surface area contributed by atoms with E-state index < -0.39 is 11.7 Å². The zero-order valence-corrected chi connectivity index (χ0v) is 14.4. The summed E-state index contributed by atoms with van der Waals surface area (Å²) in [6, 6.07) is 10.5. The number of carbonyl (C=O) groups excluding carboxylic acids is 2. The molecular weight excluding hydrogens is 370 g/mol. The van der Waals surface area contributed by atoms with E-state index >= 15 is 0 Å². The molecule has 1 fully saturated rings. The lowest BCUT2D eigenvalue weighted by Gasteiger charge is -2.15. The van der Waals surface area contributed by atoms with Crippen molar-refractivity contribution in [3.8, 4) is 0 Å². The second-order valence-electron chi connectivity index (χ2n) is 6.29. The van der Waals surface area contributed by atoms with E-state index in [-0.39, 0.29) is 41.5 Å². The molecule has 1 N–H and O–H groups in total. The van der Waals surface area contributed by atoms with Gasteiger partial charge in [-0.2, -0.15) is 0 Å². The van der Waals surface area contributed by atoms with Gasteiger partial charge in [0.05, 0.1) is 5.92 Å². The number of halogens is 2. The molecule has 4 rings (SSSR count). The number of aromatic nitrogens is 2. The summed E-state index contributed by atoms with van der Waals surface area (Å²) >= 11 is 0. The van der Waals surface area contributed by atoms with Crippen LogP contribution in [0.4, 0.5) is 20.5 Å². The number of hydrogen-bond acceptors (Lipinski definition) is 5. The van der Waals surface area contributed by atoms with E-state index in [0.717, 1.165) is 0 Å². The molecule has 1 aliphatic rings. The van der Waals surface area contributed by atoms with Crippen molar-refractivity contribution in [2.75, 3.05) is 16.8 Å². The lowest BCUT2D eigenvalue weighted by molar-refractivity contribution is -0.117. The normalized spacial score (nSPS) is 16.4. The Morgan fingerprint density at radius 1 is 1.04 bits per heavy atom. The molecule has 9 heteroatoms. The molecule has 3 aromatic rings. The Hall–Kier alpha value is -3.62. The van der Waals surface area contributed by atoms with Gasteiger partial charge in [-0.1, -0.05) is 5.10 Å². The highest BCUT2D eigenvalue weighted by Gasteiger charge is 2.35. The van der Waals surface area contributed by atoms with Crippen LogP contribution in [-0.2, 0) is 4.79 Å². The number of carbonyl (C=O) groups is 2. The molecule has 2 amide bonds. The van der Waals surface area contributed by atoms with Gasteiger partial charge in [0.2, 0.25) is 11.8 Å². The van der Waals surface area contributed by atoms with Crippen molar-refractivity contribution in [2.45, 2.75) is 12.3 Å². The average Bonchev–Trinajstić information content (AvgIpc) is 3.29. The van der Waals surface area contributed by atoms with Crippen LogP contribution in [0.5, 0.6) is 0 Å². The van der Waals surface area contributed by atoms with Crippen LogP contribution in [0.15, 0.2) is 52.9 Å². The van der Waals surface area contributed by atoms with Crippen molar-refractivity contribution in [3.05, 3.63) is 71.6 Å². The van der Waals surface area contributed by atoms with Crippen LogP contribution in [0, 0.1) is 11.6 Å². The van der Waals surface area contributed by atoms with Crippen molar-refractivity contribution in [1.29, 1.82) is 0 Å². The second kappa shape index (κ2) is 7.18. The first-order chi connectivity index (χ1) is 13.5. The van der Waals surface area contributed by atoms with Gasteiger partial charge < -0.3 is 9.32 Å². The number of rotatable bonds is 4. The van der Waals surface area contributed by atoms with Gasteiger partial charge >= 0.3 is 6.01 Å². The standard InChI is InChI=1S/C19H14F2N4O3/c20-13-3-1-11(2-4-13)17(27)22-19-24-23-18(28-19)12-9-16(26)25(10-12)15-7-5-14(21)6-8-15/h1-8,12H,9-10H2,(H,22,24,27). The smallest absolute Gasteiger partial charge is 0.322 e. The molecule has 1 saturated heterocycles. The van der Waals surface area contributed by atoms with Crippen molar-refractivity contribution >= 4 is 23.5 Å². The summed E-state index contributed by atoms with van der Waals surface area (Å²) in [4.78, 5) is 25.9. The van der Waals surface area contributed by atoms with Gasteiger partial charge in [0, 0.05) is 24.2 Å². The summed E-state index contributed by atoms with van der Waals surface area (Å²) in [6.45, 7) is 0.304. The second-order valence-corrected chi connectivity index (χ2v) is 6.29. The van der Waals surface area contributed by atoms with Gasteiger partial charge in [-0.15, -0.1) is 5.10 Å². The first-order valence-electron chi connectivity index (χ1n) is 8.46. The summed E-state index contributed by atoms with van der Waals surface area (Å²) in [6.07, 6.45) is 0.158. The molecule has 0 bridgehead atoms. The van der Waals surface area contributed by atoms with E-state index in [1.165, 1.54) is 53.4 Å². The third-order valence-corrected chi connectivity index (χ3v) is 4.38. The van der Waals surface area contributed by atoms with Crippen LogP contribution >= 0.6 is 0 Å². The SMILES string of the molecule is O=C(Nc1nnc(C2CC(=O)N(c3ccc(F)cc3)C2)o1)c1ccc(F)cc1. The minimum Gasteiger partial charge on any atom is -0.407 e. The lowest BCUT2D eigenvalue weighted by Crippen LogP contribution is -2.24. The van der Waals surface area contributed by atoms with Gasteiger partial charge in [0.15, 0.2) is 0 Å². The third-order valence-electron chi connectivity index (χ3n) is 4.38. The van der Waals surface area contributed by atoms with Crippen LogP contribution in [0.1, 0.15) is 28.6 Å². The van der Waals surface area contributed by atoms with Crippen molar-refractivity contribution < 1.29 is 22.8 Å². The van der Waals surface area contributed by atoms with E-state index in [1.807, 2.05) is 0 Å². The summed E-state index contributed by atoms with van der Waals surface area (Å²) < 4.78 is 31.5. The van der Waals surface area contributed by atoms with Gasteiger partial charge in [0.1, 0.15) is 11.6 Å². The van der Waals surface area contributed by atoms with E-state index in [0.29, 0.717) is 12.2 Å². The minimum absolute atomic E-state index is 0.114. The van der Waals surface area contributed by atoms with Crippen LogP contribution in [-0.4, -0.2) is 28.6 Å². The van der Waals surface area contributed by atoms with Gasteiger partial charge in [-0.3, -0.25) is 14.9 Å².